The van der Waals surface area contributed by atoms with Crippen molar-refractivity contribution in [2.45, 2.75) is 47.1 Å². The molecular weight excluding hydrogens is 414 g/mol. The van der Waals surface area contributed by atoms with Crippen LogP contribution in [-0.2, 0) is 9.57 Å². The lowest BCUT2D eigenvalue weighted by Gasteiger charge is -2.23. The second-order valence-corrected chi connectivity index (χ2v) is 9.37. The number of hydroxylamine groups is 1. The van der Waals surface area contributed by atoms with E-state index in [-0.39, 0.29) is 5.91 Å². The maximum atomic E-state index is 12.9. The Hall–Kier alpha value is -2.97. The molecule has 0 fully saturated rings. The van der Waals surface area contributed by atoms with Gasteiger partial charge in [0.25, 0.3) is 5.91 Å². The molecule has 1 N–H and O–H groups in total. The number of carbonyl (C=O) groups is 2. The zero-order valence-electron chi connectivity index (χ0n) is 18.8. The van der Waals surface area contributed by atoms with Crippen molar-refractivity contribution in [2.24, 2.45) is 0 Å². The zero-order chi connectivity index (χ0) is 22.9. The number of fused-ring (bicyclic) bond motifs is 1. The van der Waals surface area contributed by atoms with Crippen LogP contribution in [0.25, 0.3) is 10.2 Å². The smallest absolute Gasteiger partial charge is 0.441 e. The van der Waals surface area contributed by atoms with Crippen LogP contribution >= 0.6 is 11.3 Å². The summed E-state index contributed by atoms with van der Waals surface area (Å²) in [4.78, 5) is 34.9. The standard InChI is InChI=1S/C23H27N3O4S/c1-13-10-14(2)19(15(3)11-13)25-20(27)16-8-9-17-18(12-16)31-21(24-17)26(29-7)22(28)30-23(4,5)6/h8-12H,1-7H3,(H,25,27). The SMILES string of the molecule is CON(C(=O)OC(C)(C)C)c1nc2ccc(C(=O)Nc3c(C)cc(C)cc3C)cc2s1. The van der Waals surface area contributed by atoms with Crippen molar-refractivity contribution in [3.63, 3.8) is 0 Å². The van der Waals surface area contributed by atoms with E-state index < -0.39 is 11.7 Å². The molecule has 31 heavy (non-hydrogen) atoms. The molecule has 0 saturated carbocycles. The van der Waals surface area contributed by atoms with Gasteiger partial charge in [-0.15, -0.1) is 5.06 Å². The van der Waals surface area contributed by atoms with Crippen molar-refractivity contribution in [1.82, 2.24) is 4.98 Å². The van der Waals surface area contributed by atoms with Crippen molar-refractivity contribution in [3.05, 3.63) is 52.6 Å². The molecule has 3 aromatic rings. The zero-order valence-corrected chi connectivity index (χ0v) is 19.6. The Morgan fingerprint density at radius 2 is 1.71 bits per heavy atom. The van der Waals surface area contributed by atoms with Gasteiger partial charge in [0.2, 0.25) is 5.13 Å². The van der Waals surface area contributed by atoms with E-state index in [1.165, 1.54) is 18.4 Å². The molecule has 0 spiro atoms. The predicted octanol–water partition coefficient (Wildman–Crippen LogP) is 5.78. The van der Waals surface area contributed by atoms with Crippen molar-refractivity contribution < 1.29 is 19.2 Å². The van der Waals surface area contributed by atoms with E-state index >= 15 is 0 Å². The molecule has 1 heterocycles. The van der Waals surface area contributed by atoms with E-state index in [0.29, 0.717) is 16.2 Å². The summed E-state index contributed by atoms with van der Waals surface area (Å²) in [5.74, 6) is -0.206. The topological polar surface area (TPSA) is 80.8 Å². The molecule has 0 bridgehead atoms. The molecule has 0 radical (unpaired) electrons. The lowest BCUT2D eigenvalue weighted by atomic mass is 10.0. The number of hydrogen-bond donors (Lipinski definition) is 1. The first-order valence-corrected chi connectivity index (χ1v) is 10.7. The highest BCUT2D eigenvalue weighted by Gasteiger charge is 2.26. The highest BCUT2D eigenvalue weighted by atomic mass is 32.1. The average molecular weight is 442 g/mol. The normalized spacial score (nSPS) is 11.5. The highest BCUT2D eigenvalue weighted by Crippen LogP contribution is 2.31. The van der Waals surface area contributed by atoms with Gasteiger partial charge in [0.05, 0.1) is 17.3 Å². The van der Waals surface area contributed by atoms with E-state index in [4.69, 9.17) is 9.57 Å². The first kappa shape index (κ1) is 22.7. The first-order chi connectivity index (χ1) is 14.5. The van der Waals surface area contributed by atoms with Crippen molar-refractivity contribution in [1.29, 1.82) is 0 Å². The molecule has 7 nitrogen and oxygen atoms in total. The van der Waals surface area contributed by atoms with Crippen LogP contribution in [0.15, 0.2) is 30.3 Å². The molecule has 8 heteroatoms. The first-order valence-electron chi connectivity index (χ1n) is 9.85. The third-order valence-corrected chi connectivity index (χ3v) is 5.46. The van der Waals surface area contributed by atoms with Crippen LogP contribution in [0.1, 0.15) is 47.8 Å². The third-order valence-electron chi connectivity index (χ3n) is 4.47. The molecule has 0 aliphatic carbocycles. The van der Waals surface area contributed by atoms with Crippen LogP contribution in [0.4, 0.5) is 15.6 Å². The van der Waals surface area contributed by atoms with Gasteiger partial charge in [-0.2, -0.15) is 0 Å². The molecule has 0 saturated heterocycles. The Bertz CT molecular complexity index is 1120. The van der Waals surface area contributed by atoms with E-state index in [0.717, 1.165) is 32.1 Å². The maximum absolute atomic E-state index is 12.9. The van der Waals surface area contributed by atoms with Crippen LogP contribution in [0.2, 0.25) is 0 Å². The Morgan fingerprint density at radius 1 is 1.06 bits per heavy atom. The molecule has 0 atom stereocenters. The van der Waals surface area contributed by atoms with Crippen LogP contribution in [0.5, 0.6) is 0 Å². The van der Waals surface area contributed by atoms with Crippen molar-refractivity contribution in [3.8, 4) is 0 Å². The van der Waals surface area contributed by atoms with Gasteiger partial charge < -0.3 is 10.1 Å². The van der Waals surface area contributed by atoms with Crippen LogP contribution in [0.3, 0.4) is 0 Å². The number of ether oxygens (including phenoxy) is 1. The van der Waals surface area contributed by atoms with Gasteiger partial charge in [-0.25, -0.2) is 9.78 Å². The predicted molar refractivity (Wildman–Crippen MR) is 124 cm³/mol. The van der Waals surface area contributed by atoms with Crippen LogP contribution < -0.4 is 10.4 Å². The number of amides is 2. The van der Waals surface area contributed by atoms with Crippen molar-refractivity contribution in [2.75, 3.05) is 17.5 Å². The minimum absolute atomic E-state index is 0.206. The summed E-state index contributed by atoms with van der Waals surface area (Å²) in [5.41, 5.74) is 4.49. The largest absolute Gasteiger partial charge is 0.442 e. The Balaban J connectivity index is 1.87. The monoisotopic (exact) mass is 441 g/mol. The number of benzene rings is 2. The van der Waals surface area contributed by atoms with E-state index in [1.54, 1.807) is 39.0 Å². The number of aromatic nitrogens is 1. The fourth-order valence-electron chi connectivity index (χ4n) is 3.24. The van der Waals surface area contributed by atoms with Gasteiger partial charge >= 0.3 is 6.09 Å². The summed E-state index contributed by atoms with van der Waals surface area (Å²) in [7, 11) is 1.38. The molecule has 2 amide bonds. The van der Waals surface area contributed by atoms with Crippen LogP contribution in [0, 0.1) is 20.8 Å². The Labute approximate surface area is 185 Å². The van der Waals surface area contributed by atoms with E-state index in [1.807, 2.05) is 32.9 Å². The second-order valence-electron chi connectivity index (χ2n) is 8.36. The number of rotatable bonds is 4. The average Bonchev–Trinajstić information content (AvgIpc) is 3.06. The van der Waals surface area contributed by atoms with Gasteiger partial charge in [0.15, 0.2) is 0 Å². The van der Waals surface area contributed by atoms with Gasteiger partial charge in [-0.1, -0.05) is 29.0 Å². The molecule has 3 rings (SSSR count). The summed E-state index contributed by atoms with van der Waals surface area (Å²) in [6.07, 6.45) is -0.655. The quantitative estimate of drug-likeness (QED) is 0.519. The number of nitrogens with zero attached hydrogens (tertiary/aromatic N) is 2. The molecule has 2 aromatic carbocycles. The fourth-order valence-corrected chi connectivity index (χ4v) is 4.21. The van der Waals surface area contributed by atoms with Crippen LogP contribution in [-0.4, -0.2) is 29.7 Å². The number of thiazole rings is 1. The van der Waals surface area contributed by atoms with Crippen molar-refractivity contribution >= 4 is 44.4 Å². The molecule has 0 unspecified atom stereocenters. The summed E-state index contributed by atoms with van der Waals surface area (Å²) in [5, 5.41) is 4.34. The lowest BCUT2D eigenvalue weighted by molar-refractivity contribution is 0.0328. The Morgan fingerprint density at radius 3 is 2.29 bits per heavy atom. The van der Waals surface area contributed by atoms with Gasteiger partial charge in [0, 0.05) is 11.3 Å². The summed E-state index contributed by atoms with van der Waals surface area (Å²) in [6.45, 7) is 11.3. The fraction of sp³-hybridized carbons (Fsp3) is 0.348. The maximum Gasteiger partial charge on any atom is 0.441 e. The number of anilines is 2. The lowest BCUT2D eigenvalue weighted by Crippen LogP contribution is -2.36. The summed E-state index contributed by atoms with van der Waals surface area (Å²) in [6, 6.07) is 9.30. The number of aryl methyl sites for hydroxylation is 3. The third kappa shape index (κ3) is 5.21. The minimum atomic E-state index is -0.665. The number of hydrogen-bond acceptors (Lipinski definition) is 6. The second kappa shape index (κ2) is 8.64. The summed E-state index contributed by atoms with van der Waals surface area (Å²) < 4.78 is 6.12. The molecule has 0 aliphatic heterocycles. The van der Waals surface area contributed by atoms with Gasteiger partial charge in [0.1, 0.15) is 5.60 Å². The minimum Gasteiger partial charge on any atom is -0.442 e. The molecule has 1 aromatic heterocycles. The molecule has 164 valence electrons. The number of nitrogens with one attached hydrogen (secondary N) is 1. The highest BCUT2D eigenvalue weighted by molar-refractivity contribution is 7.22. The van der Waals surface area contributed by atoms with Gasteiger partial charge in [-0.05, 0) is 70.9 Å². The van der Waals surface area contributed by atoms with Gasteiger partial charge in [-0.3, -0.25) is 9.63 Å². The molecule has 0 aliphatic rings. The van der Waals surface area contributed by atoms with E-state index in [2.05, 4.69) is 10.3 Å². The van der Waals surface area contributed by atoms with E-state index in [9.17, 15) is 9.59 Å². The summed E-state index contributed by atoms with van der Waals surface area (Å²) >= 11 is 1.24. The number of carbonyl (C=O) groups excluding carboxylic acids is 2. The Kier molecular flexibility index (Phi) is 6.33. The molecular formula is C23H27N3O4S.